The van der Waals surface area contributed by atoms with Gasteiger partial charge in [0.2, 0.25) is 0 Å². The first-order valence-corrected chi connectivity index (χ1v) is 10.2. The number of halogens is 2. The van der Waals surface area contributed by atoms with E-state index in [4.69, 9.17) is 16.3 Å². The van der Waals surface area contributed by atoms with E-state index in [1.165, 1.54) is 43.5 Å². The number of carbonyl (C=O) groups excluding carboxylic acids is 1. The van der Waals surface area contributed by atoms with Gasteiger partial charge in [0.15, 0.2) is 0 Å². The predicted molar refractivity (Wildman–Crippen MR) is 110 cm³/mol. The fourth-order valence-corrected chi connectivity index (χ4v) is 3.72. The second-order valence-electron chi connectivity index (χ2n) is 5.94. The molecule has 0 saturated heterocycles. The molecule has 0 saturated carbocycles. The lowest BCUT2D eigenvalue weighted by molar-refractivity contribution is 0.102. The molecule has 2 N–H and O–H groups in total. The number of anilines is 2. The third-order valence-corrected chi connectivity index (χ3v) is 5.54. The van der Waals surface area contributed by atoms with Crippen molar-refractivity contribution in [2.24, 2.45) is 0 Å². The molecule has 0 aliphatic rings. The van der Waals surface area contributed by atoms with Gasteiger partial charge in [-0.05, 0) is 60.7 Å². The van der Waals surface area contributed by atoms with Crippen molar-refractivity contribution in [3.63, 3.8) is 0 Å². The van der Waals surface area contributed by atoms with Crippen molar-refractivity contribution in [3.05, 3.63) is 83.1 Å². The van der Waals surface area contributed by atoms with Crippen molar-refractivity contribution in [1.82, 2.24) is 0 Å². The van der Waals surface area contributed by atoms with Crippen LogP contribution >= 0.6 is 11.6 Å². The number of methoxy groups -OCH3 is 1. The normalized spacial score (nSPS) is 11.0. The lowest BCUT2D eigenvalue weighted by atomic mass is 10.2. The summed E-state index contributed by atoms with van der Waals surface area (Å²) >= 11 is 5.84. The molecule has 0 aromatic heterocycles. The van der Waals surface area contributed by atoms with Crippen LogP contribution in [-0.2, 0) is 10.0 Å². The number of benzene rings is 3. The summed E-state index contributed by atoms with van der Waals surface area (Å²) in [7, 11) is -2.52. The molecule has 0 unspecified atom stereocenters. The van der Waals surface area contributed by atoms with Gasteiger partial charge in [0.05, 0.1) is 17.7 Å². The van der Waals surface area contributed by atoms with Gasteiger partial charge in [-0.2, -0.15) is 0 Å². The van der Waals surface area contributed by atoms with E-state index < -0.39 is 21.7 Å². The standard InChI is InChI=1S/C20H16ClFN2O4S/c1-28-16-7-5-15(6-8-16)24-29(26,27)17-9-10-19(18(22)12-17)23-20(25)13-3-2-4-14(21)11-13/h2-12,24H,1H3,(H,23,25). The lowest BCUT2D eigenvalue weighted by Gasteiger charge is -2.11. The molecule has 0 bridgehead atoms. The molecule has 3 aromatic rings. The highest BCUT2D eigenvalue weighted by Crippen LogP contribution is 2.23. The molecule has 1 amide bonds. The molecule has 6 nitrogen and oxygen atoms in total. The maximum atomic E-state index is 14.4. The van der Waals surface area contributed by atoms with E-state index in [0.717, 1.165) is 6.07 Å². The first-order chi connectivity index (χ1) is 13.8. The zero-order valence-electron chi connectivity index (χ0n) is 15.1. The van der Waals surface area contributed by atoms with Crippen LogP contribution in [0.4, 0.5) is 15.8 Å². The summed E-state index contributed by atoms with van der Waals surface area (Å²) in [6, 6.07) is 15.6. The highest BCUT2D eigenvalue weighted by Gasteiger charge is 2.18. The van der Waals surface area contributed by atoms with Crippen LogP contribution in [0.1, 0.15) is 10.4 Å². The van der Waals surface area contributed by atoms with Crippen LogP contribution in [0, 0.1) is 5.82 Å². The molecule has 29 heavy (non-hydrogen) atoms. The third kappa shape index (κ3) is 5.04. The van der Waals surface area contributed by atoms with E-state index in [0.29, 0.717) is 16.5 Å². The van der Waals surface area contributed by atoms with Crippen molar-refractivity contribution in [2.45, 2.75) is 4.90 Å². The molecule has 0 radical (unpaired) electrons. The second-order valence-corrected chi connectivity index (χ2v) is 8.06. The van der Waals surface area contributed by atoms with Crippen LogP contribution in [0.3, 0.4) is 0 Å². The third-order valence-electron chi connectivity index (χ3n) is 3.93. The highest BCUT2D eigenvalue weighted by atomic mass is 35.5. The smallest absolute Gasteiger partial charge is 0.261 e. The van der Waals surface area contributed by atoms with Gasteiger partial charge < -0.3 is 10.1 Å². The van der Waals surface area contributed by atoms with Gasteiger partial charge in [0.25, 0.3) is 15.9 Å². The number of ether oxygens (including phenoxy) is 1. The summed E-state index contributed by atoms with van der Waals surface area (Å²) < 4.78 is 46.8. The maximum Gasteiger partial charge on any atom is 0.261 e. The Labute approximate surface area is 172 Å². The fourth-order valence-electron chi connectivity index (χ4n) is 2.46. The Morgan fingerprint density at radius 2 is 1.76 bits per heavy atom. The Morgan fingerprint density at radius 1 is 1.03 bits per heavy atom. The van der Waals surface area contributed by atoms with Gasteiger partial charge >= 0.3 is 0 Å². The summed E-state index contributed by atoms with van der Waals surface area (Å²) in [5, 5.41) is 2.76. The molecule has 0 fully saturated rings. The Kier molecular flexibility index (Phi) is 6.05. The Morgan fingerprint density at radius 3 is 2.38 bits per heavy atom. The van der Waals surface area contributed by atoms with E-state index >= 15 is 0 Å². The van der Waals surface area contributed by atoms with Crippen molar-refractivity contribution in [2.75, 3.05) is 17.1 Å². The second kappa shape index (κ2) is 8.50. The maximum absolute atomic E-state index is 14.4. The van der Waals surface area contributed by atoms with E-state index in [1.807, 2.05) is 0 Å². The average Bonchev–Trinajstić information content (AvgIpc) is 2.69. The van der Waals surface area contributed by atoms with Crippen molar-refractivity contribution >= 4 is 38.9 Å². The van der Waals surface area contributed by atoms with E-state index in [9.17, 15) is 17.6 Å². The van der Waals surface area contributed by atoms with Crippen LogP contribution < -0.4 is 14.8 Å². The Bertz CT molecular complexity index is 1150. The van der Waals surface area contributed by atoms with Crippen LogP contribution in [0.25, 0.3) is 0 Å². The molecule has 0 aliphatic carbocycles. The van der Waals surface area contributed by atoms with Crippen LogP contribution in [0.2, 0.25) is 5.02 Å². The summed E-state index contributed by atoms with van der Waals surface area (Å²) in [5.41, 5.74) is 0.387. The molecule has 0 atom stereocenters. The molecular formula is C20H16ClFN2O4S. The predicted octanol–water partition coefficient (Wildman–Crippen LogP) is 4.54. The minimum atomic E-state index is -4.02. The van der Waals surface area contributed by atoms with Crippen molar-refractivity contribution in [1.29, 1.82) is 0 Å². The number of sulfonamides is 1. The van der Waals surface area contributed by atoms with E-state index in [1.54, 1.807) is 24.3 Å². The summed E-state index contributed by atoms with van der Waals surface area (Å²) in [6.07, 6.45) is 0. The van der Waals surface area contributed by atoms with Gasteiger partial charge in [-0.3, -0.25) is 9.52 Å². The number of hydrogen-bond donors (Lipinski definition) is 2. The van der Waals surface area contributed by atoms with E-state index in [-0.39, 0.29) is 16.1 Å². The van der Waals surface area contributed by atoms with Gasteiger partial charge in [-0.15, -0.1) is 0 Å². The molecule has 0 aliphatic heterocycles. The molecule has 3 aromatic carbocycles. The Hall–Kier alpha value is -3.10. The first-order valence-electron chi connectivity index (χ1n) is 8.32. The van der Waals surface area contributed by atoms with Crippen LogP contribution in [0.5, 0.6) is 5.75 Å². The quantitative estimate of drug-likeness (QED) is 0.596. The molecule has 150 valence electrons. The van der Waals surface area contributed by atoms with Gasteiger partial charge in [-0.1, -0.05) is 17.7 Å². The molecular weight excluding hydrogens is 419 g/mol. The zero-order chi connectivity index (χ0) is 21.0. The van der Waals surface area contributed by atoms with Crippen molar-refractivity contribution in [3.8, 4) is 5.75 Å². The summed E-state index contributed by atoms with van der Waals surface area (Å²) in [4.78, 5) is 11.9. The van der Waals surface area contributed by atoms with Gasteiger partial charge in [-0.25, -0.2) is 12.8 Å². The summed E-state index contributed by atoms with van der Waals surface area (Å²) in [6.45, 7) is 0. The average molecular weight is 435 g/mol. The largest absolute Gasteiger partial charge is 0.497 e. The monoisotopic (exact) mass is 434 g/mol. The fraction of sp³-hybridized carbons (Fsp3) is 0.0500. The molecule has 9 heteroatoms. The van der Waals surface area contributed by atoms with Crippen molar-refractivity contribution < 1.29 is 22.3 Å². The number of hydrogen-bond acceptors (Lipinski definition) is 4. The number of nitrogens with one attached hydrogen (secondary N) is 2. The number of amides is 1. The van der Waals surface area contributed by atoms with Gasteiger partial charge in [0.1, 0.15) is 11.6 Å². The topological polar surface area (TPSA) is 84.5 Å². The van der Waals surface area contributed by atoms with Gasteiger partial charge in [0, 0.05) is 16.3 Å². The van der Waals surface area contributed by atoms with Crippen LogP contribution in [-0.4, -0.2) is 21.4 Å². The minimum Gasteiger partial charge on any atom is -0.497 e. The lowest BCUT2D eigenvalue weighted by Crippen LogP contribution is -2.15. The molecule has 0 spiro atoms. The highest BCUT2D eigenvalue weighted by molar-refractivity contribution is 7.92. The Balaban J connectivity index is 1.77. The molecule has 3 rings (SSSR count). The minimum absolute atomic E-state index is 0.154. The summed E-state index contributed by atoms with van der Waals surface area (Å²) in [5.74, 6) is -0.893. The number of rotatable bonds is 6. The molecule has 0 heterocycles. The van der Waals surface area contributed by atoms with E-state index in [2.05, 4.69) is 10.0 Å². The van der Waals surface area contributed by atoms with Crippen LogP contribution in [0.15, 0.2) is 71.6 Å². The SMILES string of the molecule is COc1ccc(NS(=O)(=O)c2ccc(NC(=O)c3cccc(Cl)c3)c(F)c2)cc1. The first kappa shape index (κ1) is 20.6. The number of carbonyl (C=O) groups is 1. The zero-order valence-corrected chi connectivity index (χ0v) is 16.7.